The molecule has 6 nitrogen and oxygen atoms in total. The topological polar surface area (TPSA) is 101 Å². The Morgan fingerprint density at radius 1 is 1.32 bits per heavy atom. The zero-order valence-corrected chi connectivity index (χ0v) is 16.5. The molecule has 1 aliphatic carbocycles. The van der Waals surface area contributed by atoms with Gasteiger partial charge in [-0.05, 0) is 49.6 Å². The van der Waals surface area contributed by atoms with Gasteiger partial charge in [-0.15, -0.1) is 0 Å². The van der Waals surface area contributed by atoms with Crippen LogP contribution in [0.5, 0.6) is 0 Å². The number of fused-ring (bicyclic) bond motifs is 1. The van der Waals surface area contributed by atoms with Gasteiger partial charge in [0.15, 0.2) is 0 Å². The summed E-state index contributed by atoms with van der Waals surface area (Å²) < 4.78 is 41.9. The van der Waals surface area contributed by atoms with Gasteiger partial charge in [0.1, 0.15) is 5.82 Å². The SMILES string of the molecule is NCCC(c1ccc(Cl)cc1F)c1n[nH]c2c(NS(=O)(=O)C3CC3)cccc12. The minimum atomic E-state index is -3.41. The third-order valence-corrected chi connectivity index (χ3v) is 7.06. The molecule has 1 heterocycles. The molecule has 0 bridgehead atoms. The number of hydrogen-bond donors (Lipinski definition) is 3. The largest absolute Gasteiger partial charge is 0.330 e. The quantitative estimate of drug-likeness (QED) is 0.539. The van der Waals surface area contributed by atoms with Gasteiger partial charge in [-0.1, -0.05) is 29.8 Å². The monoisotopic (exact) mass is 422 g/mol. The lowest BCUT2D eigenvalue weighted by Crippen LogP contribution is -2.17. The Morgan fingerprint density at radius 3 is 2.79 bits per heavy atom. The van der Waals surface area contributed by atoms with E-state index in [1.165, 1.54) is 6.07 Å². The van der Waals surface area contributed by atoms with Gasteiger partial charge in [-0.3, -0.25) is 9.82 Å². The number of para-hydroxylation sites is 1. The Morgan fingerprint density at radius 2 is 2.11 bits per heavy atom. The summed E-state index contributed by atoms with van der Waals surface area (Å²) in [5, 5.41) is 8.01. The van der Waals surface area contributed by atoms with Gasteiger partial charge in [0.25, 0.3) is 0 Å². The van der Waals surface area contributed by atoms with Crippen molar-refractivity contribution in [3.05, 3.63) is 58.5 Å². The first kappa shape index (κ1) is 19.2. The normalized spacial score (nSPS) is 15.7. The first-order chi connectivity index (χ1) is 13.4. The molecule has 28 heavy (non-hydrogen) atoms. The third-order valence-electron chi connectivity index (χ3n) is 4.97. The summed E-state index contributed by atoms with van der Waals surface area (Å²) in [7, 11) is -3.41. The van der Waals surface area contributed by atoms with Gasteiger partial charge in [-0.2, -0.15) is 5.10 Å². The number of rotatable bonds is 7. The molecule has 2 aromatic carbocycles. The maximum Gasteiger partial charge on any atom is 0.235 e. The Bertz CT molecular complexity index is 1130. The second kappa shape index (κ2) is 7.35. The highest BCUT2D eigenvalue weighted by Crippen LogP contribution is 2.36. The number of nitrogens with two attached hydrogens (primary N) is 1. The average Bonchev–Trinajstić information content (AvgIpc) is 3.42. The van der Waals surface area contributed by atoms with E-state index in [1.807, 2.05) is 6.07 Å². The molecular weight excluding hydrogens is 403 g/mol. The lowest BCUT2D eigenvalue weighted by molar-refractivity contribution is 0.583. The van der Waals surface area contributed by atoms with Crippen molar-refractivity contribution in [3.63, 3.8) is 0 Å². The van der Waals surface area contributed by atoms with Gasteiger partial charge in [0.05, 0.1) is 22.1 Å². The fourth-order valence-electron chi connectivity index (χ4n) is 3.42. The zero-order valence-electron chi connectivity index (χ0n) is 15.0. The number of aromatic amines is 1. The summed E-state index contributed by atoms with van der Waals surface area (Å²) in [6, 6.07) is 9.81. The molecule has 1 aliphatic rings. The van der Waals surface area contributed by atoms with E-state index in [2.05, 4.69) is 14.9 Å². The number of anilines is 1. The van der Waals surface area contributed by atoms with Crippen LogP contribution in [0.25, 0.3) is 10.9 Å². The molecule has 1 saturated carbocycles. The Labute approximate surface area is 167 Å². The Kier molecular flexibility index (Phi) is 5.03. The van der Waals surface area contributed by atoms with E-state index in [-0.39, 0.29) is 11.2 Å². The summed E-state index contributed by atoms with van der Waals surface area (Å²) in [5.41, 5.74) is 7.85. The van der Waals surface area contributed by atoms with Crippen LogP contribution in [0.15, 0.2) is 36.4 Å². The lowest BCUT2D eigenvalue weighted by atomic mass is 9.90. The molecule has 0 aliphatic heterocycles. The number of H-pyrrole nitrogens is 1. The molecule has 0 spiro atoms. The van der Waals surface area contributed by atoms with Crippen molar-refractivity contribution in [2.75, 3.05) is 11.3 Å². The molecule has 1 atom stereocenters. The highest BCUT2D eigenvalue weighted by Gasteiger charge is 2.36. The molecule has 4 N–H and O–H groups in total. The van der Waals surface area contributed by atoms with Crippen LogP contribution in [0.3, 0.4) is 0 Å². The predicted molar refractivity (Wildman–Crippen MR) is 109 cm³/mol. The highest BCUT2D eigenvalue weighted by molar-refractivity contribution is 7.93. The van der Waals surface area contributed by atoms with Gasteiger partial charge in [-0.25, -0.2) is 12.8 Å². The van der Waals surface area contributed by atoms with Crippen molar-refractivity contribution < 1.29 is 12.8 Å². The summed E-state index contributed by atoms with van der Waals surface area (Å²) in [5.74, 6) is -0.806. The van der Waals surface area contributed by atoms with E-state index < -0.39 is 15.8 Å². The smallest absolute Gasteiger partial charge is 0.235 e. The third kappa shape index (κ3) is 3.59. The average molecular weight is 423 g/mol. The summed E-state index contributed by atoms with van der Waals surface area (Å²) in [4.78, 5) is 0. The van der Waals surface area contributed by atoms with Crippen LogP contribution in [-0.2, 0) is 10.0 Å². The maximum atomic E-state index is 14.6. The number of nitrogens with zero attached hydrogens (tertiary/aromatic N) is 1. The van der Waals surface area contributed by atoms with Gasteiger partial charge >= 0.3 is 0 Å². The van der Waals surface area contributed by atoms with Crippen LogP contribution < -0.4 is 10.5 Å². The van der Waals surface area contributed by atoms with E-state index in [0.29, 0.717) is 53.3 Å². The van der Waals surface area contributed by atoms with E-state index in [0.717, 1.165) is 5.39 Å². The molecule has 0 amide bonds. The lowest BCUT2D eigenvalue weighted by Gasteiger charge is -2.16. The van der Waals surface area contributed by atoms with Crippen LogP contribution in [0.2, 0.25) is 5.02 Å². The number of benzene rings is 2. The van der Waals surface area contributed by atoms with Gasteiger partial charge < -0.3 is 5.73 Å². The number of hydrogen-bond acceptors (Lipinski definition) is 4. The molecule has 0 saturated heterocycles. The van der Waals surface area contributed by atoms with Crippen molar-refractivity contribution in [1.29, 1.82) is 0 Å². The van der Waals surface area contributed by atoms with E-state index in [9.17, 15) is 12.8 Å². The molecule has 0 radical (unpaired) electrons. The summed E-state index contributed by atoms with van der Waals surface area (Å²) in [6.07, 6.45) is 1.83. The summed E-state index contributed by atoms with van der Waals surface area (Å²) >= 11 is 5.88. The van der Waals surface area contributed by atoms with Crippen LogP contribution >= 0.6 is 11.6 Å². The maximum absolute atomic E-state index is 14.6. The van der Waals surface area contributed by atoms with E-state index in [4.69, 9.17) is 17.3 Å². The minimum Gasteiger partial charge on any atom is -0.330 e. The second-order valence-electron chi connectivity index (χ2n) is 6.98. The van der Waals surface area contributed by atoms with Crippen LogP contribution in [0.1, 0.15) is 36.4 Å². The van der Waals surface area contributed by atoms with Crippen LogP contribution in [0.4, 0.5) is 10.1 Å². The molecule has 3 aromatic rings. The van der Waals surface area contributed by atoms with Crippen molar-refractivity contribution >= 4 is 38.2 Å². The van der Waals surface area contributed by atoms with E-state index in [1.54, 1.807) is 24.3 Å². The Hall–Kier alpha value is -2.16. The zero-order chi connectivity index (χ0) is 19.9. The van der Waals surface area contributed by atoms with Gasteiger partial charge in [0, 0.05) is 16.3 Å². The molecular formula is C19H20ClFN4O2S. The second-order valence-corrected chi connectivity index (χ2v) is 9.38. The Balaban J connectivity index is 1.78. The highest BCUT2D eigenvalue weighted by atomic mass is 35.5. The van der Waals surface area contributed by atoms with E-state index >= 15 is 0 Å². The predicted octanol–water partition coefficient (Wildman–Crippen LogP) is 3.74. The van der Waals surface area contributed by atoms with Crippen LogP contribution in [0, 0.1) is 5.82 Å². The van der Waals surface area contributed by atoms with Gasteiger partial charge in [0.2, 0.25) is 10.0 Å². The fraction of sp³-hybridized carbons (Fsp3) is 0.316. The molecule has 1 aromatic heterocycles. The standard InChI is InChI=1S/C19H20ClFN4O2S/c20-11-4-7-13(16(21)10-11)14(8-9-22)18-15-2-1-3-17(19(15)24-23-18)25-28(26,27)12-5-6-12/h1-4,7,10,12,14,25H,5-6,8-9,22H2,(H,23,24). The molecule has 4 rings (SSSR count). The summed E-state index contributed by atoms with van der Waals surface area (Å²) in [6.45, 7) is 0.342. The van der Waals surface area contributed by atoms with Crippen molar-refractivity contribution in [3.8, 4) is 0 Å². The minimum absolute atomic E-state index is 0.316. The molecule has 148 valence electrons. The van der Waals surface area contributed by atoms with Crippen molar-refractivity contribution in [2.45, 2.75) is 30.4 Å². The number of aromatic nitrogens is 2. The van der Waals surface area contributed by atoms with Crippen molar-refractivity contribution in [2.24, 2.45) is 5.73 Å². The first-order valence-electron chi connectivity index (χ1n) is 9.04. The molecule has 9 heteroatoms. The number of nitrogens with one attached hydrogen (secondary N) is 2. The molecule has 1 unspecified atom stereocenters. The van der Waals surface area contributed by atoms with Crippen LogP contribution in [-0.4, -0.2) is 30.4 Å². The molecule has 1 fully saturated rings. The van der Waals surface area contributed by atoms with Crippen molar-refractivity contribution in [1.82, 2.24) is 10.2 Å². The fourth-order valence-corrected chi connectivity index (χ4v) is 4.98. The number of sulfonamides is 1. The number of halogens is 2. The first-order valence-corrected chi connectivity index (χ1v) is 11.0.